The molecule has 0 aliphatic heterocycles. The van der Waals surface area contributed by atoms with E-state index in [1.54, 1.807) is 7.11 Å². The van der Waals surface area contributed by atoms with Crippen molar-refractivity contribution in [1.82, 2.24) is 10.2 Å². The summed E-state index contributed by atoms with van der Waals surface area (Å²) in [6.45, 7) is 7.63. The van der Waals surface area contributed by atoms with Crippen LogP contribution in [0.1, 0.15) is 38.7 Å². The van der Waals surface area contributed by atoms with Gasteiger partial charge in [-0.15, -0.1) is 0 Å². The maximum absolute atomic E-state index is 5.26. The van der Waals surface area contributed by atoms with Gasteiger partial charge in [0.25, 0.3) is 0 Å². The topological polar surface area (TPSA) is 24.5 Å². The Hall–Kier alpha value is -1.06. The van der Waals surface area contributed by atoms with Gasteiger partial charge in [0.05, 0.1) is 7.11 Å². The van der Waals surface area contributed by atoms with E-state index in [-0.39, 0.29) is 0 Å². The fraction of sp³-hybridized carbons (Fsp3) is 0.647. The summed E-state index contributed by atoms with van der Waals surface area (Å²) in [4.78, 5) is 2.38. The van der Waals surface area contributed by atoms with Gasteiger partial charge in [-0.05, 0) is 57.6 Å². The number of nitrogens with zero attached hydrogens (tertiary/aromatic N) is 1. The zero-order chi connectivity index (χ0) is 14.8. The van der Waals surface area contributed by atoms with E-state index < -0.39 is 0 Å². The van der Waals surface area contributed by atoms with Gasteiger partial charge in [-0.3, -0.25) is 0 Å². The molecule has 0 heterocycles. The second-order valence-corrected chi connectivity index (χ2v) is 5.54. The van der Waals surface area contributed by atoms with Crippen LogP contribution < -0.4 is 10.1 Å². The number of rotatable bonds is 10. The third kappa shape index (κ3) is 6.92. The molecular formula is C17H30N2O. The molecular weight excluding hydrogens is 248 g/mol. The minimum Gasteiger partial charge on any atom is -0.497 e. The van der Waals surface area contributed by atoms with E-state index in [0.717, 1.165) is 25.4 Å². The lowest BCUT2D eigenvalue weighted by molar-refractivity contribution is 0.313. The summed E-state index contributed by atoms with van der Waals surface area (Å²) >= 11 is 0. The molecule has 0 aliphatic carbocycles. The first kappa shape index (κ1) is 17.0. The Morgan fingerprint density at radius 3 is 2.80 bits per heavy atom. The Labute approximate surface area is 124 Å². The molecule has 3 nitrogen and oxygen atoms in total. The molecule has 1 aromatic carbocycles. The van der Waals surface area contributed by atoms with Crippen molar-refractivity contribution in [2.75, 3.05) is 27.2 Å². The second kappa shape index (κ2) is 9.78. The Balaban J connectivity index is 2.21. The van der Waals surface area contributed by atoms with Gasteiger partial charge in [0.15, 0.2) is 0 Å². The van der Waals surface area contributed by atoms with Crippen LogP contribution in [-0.2, 0) is 6.54 Å². The van der Waals surface area contributed by atoms with Crippen LogP contribution in [0.15, 0.2) is 24.3 Å². The quantitative estimate of drug-likeness (QED) is 0.665. The van der Waals surface area contributed by atoms with E-state index in [2.05, 4.69) is 49.3 Å². The zero-order valence-electron chi connectivity index (χ0n) is 13.5. The number of hydrogen-bond donors (Lipinski definition) is 1. The molecule has 1 aromatic rings. The molecule has 0 aliphatic rings. The van der Waals surface area contributed by atoms with Crippen molar-refractivity contribution < 1.29 is 4.74 Å². The molecule has 1 atom stereocenters. The molecule has 1 unspecified atom stereocenters. The molecule has 0 bridgehead atoms. The van der Waals surface area contributed by atoms with Crippen LogP contribution in [0.5, 0.6) is 5.75 Å². The van der Waals surface area contributed by atoms with Gasteiger partial charge in [0.2, 0.25) is 0 Å². The normalized spacial score (nSPS) is 12.7. The molecule has 114 valence electrons. The van der Waals surface area contributed by atoms with E-state index in [0.29, 0.717) is 6.04 Å². The predicted molar refractivity (Wildman–Crippen MR) is 86.3 cm³/mol. The zero-order valence-corrected chi connectivity index (χ0v) is 13.5. The summed E-state index contributed by atoms with van der Waals surface area (Å²) in [5.74, 6) is 0.940. The monoisotopic (exact) mass is 278 g/mol. The molecule has 0 spiro atoms. The minimum atomic E-state index is 0.642. The molecule has 1 N–H and O–H groups in total. The number of benzene rings is 1. The van der Waals surface area contributed by atoms with Gasteiger partial charge in [0.1, 0.15) is 5.75 Å². The van der Waals surface area contributed by atoms with Crippen LogP contribution in [0, 0.1) is 0 Å². The van der Waals surface area contributed by atoms with Gasteiger partial charge in [-0.25, -0.2) is 0 Å². The lowest BCUT2D eigenvalue weighted by Crippen LogP contribution is -2.26. The molecule has 0 saturated carbocycles. The van der Waals surface area contributed by atoms with Gasteiger partial charge < -0.3 is 15.0 Å². The van der Waals surface area contributed by atoms with Gasteiger partial charge in [-0.2, -0.15) is 0 Å². The Morgan fingerprint density at radius 1 is 1.30 bits per heavy atom. The fourth-order valence-corrected chi connectivity index (χ4v) is 2.44. The van der Waals surface area contributed by atoms with Crippen molar-refractivity contribution >= 4 is 0 Å². The van der Waals surface area contributed by atoms with Crippen molar-refractivity contribution in [2.24, 2.45) is 0 Å². The third-order valence-corrected chi connectivity index (χ3v) is 3.57. The standard InChI is InChI=1S/C17H30N2O/c1-5-18-15(2)9-6-7-12-19(3)14-16-10-8-11-17(13-16)20-4/h8,10-11,13,15,18H,5-7,9,12,14H2,1-4H3. The smallest absolute Gasteiger partial charge is 0.119 e. The number of methoxy groups -OCH3 is 1. The number of ether oxygens (including phenoxy) is 1. The molecule has 3 heteroatoms. The van der Waals surface area contributed by atoms with E-state index >= 15 is 0 Å². The largest absolute Gasteiger partial charge is 0.497 e. The van der Waals surface area contributed by atoms with E-state index in [1.165, 1.54) is 24.8 Å². The summed E-state index contributed by atoms with van der Waals surface area (Å²) in [6.07, 6.45) is 3.81. The van der Waals surface area contributed by atoms with Crippen molar-refractivity contribution in [2.45, 2.75) is 45.7 Å². The molecule has 0 fully saturated rings. The second-order valence-electron chi connectivity index (χ2n) is 5.54. The summed E-state index contributed by atoms with van der Waals surface area (Å²) in [6, 6.07) is 8.96. The molecule has 0 aromatic heterocycles. The van der Waals surface area contributed by atoms with Gasteiger partial charge in [0, 0.05) is 12.6 Å². The molecule has 1 rings (SSSR count). The number of hydrogen-bond acceptors (Lipinski definition) is 3. The SMILES string of the molecule is CCNC(C)CCCCN(C)Cc1cccc(OC)c1. The summed E-state index contributed by atoms with van der Waals surface area (Å²) in [7, 11) is 3.90. The summed E-state index contributed by atoms with van der Waals surface area (Å²) in [5.41, 5.74) is 1.31. The molecule has 0 radical (unpaired) electrons. The third-order valence-electron chi connectivity index (χ3n) is 3.57. The van der Waals surface area contributed by atoms with Crippen LogP contribution in [0.3, 0.4) is 0 Å². The molecule has 0 amide bonds. The van der Waals surface area contributed by atoms with Crippen molar-refractivity contribution in [1.29, 1.82) is 0 Å². The lowest BCUT2D eigenvalue weighted by Gasteiger charge is -2.18. The number of nitrogens with one attached hydrogen (secondary N) is 1. The van der Waals surface area contributed by atoms with E-state index in [1.807, 2.05) is 6.07 Å². The average Bonchev–Trinajstić information content (AvgIpc) is 2.44. The lowest BCUT2D eigenvalue weighted by atomic mass is 10.1. The summed E-state index contributed by atoms with van der Waals surface area (Å²) < 4.78 is 5.26. The number of unbranched alkanes of at least 4 members (excludes halogenated alkanes) is 1. The van der Waals surface area contributed by atoms with Crippen LogP contribution in [-0.4, -0.2) is 38.2 Å². The maximum atomic E-state index is 5.26. The average molecular weight is 278 g/mol. The van der Waals surface area contributed by atoms with Crippen molar-refractivity contribution in [3.8, 4) is 5.75 Å². The predicted octanol–water partition coefficient (Wildman–Crippen LogP) is 3.30. The summed E-state index contributed by atoms with van der Waals surface area (Å²) in [5, 5.41) is 3.46. The maximum Gasteiger partial charge on any atom is 0.119 e. The van der Waals surface area contributed by atoms with Crippen LogP contribution in [0.25, 0.3) is 0 Å². The van der Waals surface area contributed by atoms with Gasteiger partial charge in [-0.1, -0.05) is 25.5 Å². The van der Waals surface area contributed by atoms with Crippen LogP contribution >= 0.6 is 0 Å². The first-order valence-electron chi connectivity index (χ1n) is 7.70. The highest BCUT2D eigenvalue weighted by Crippen LogP contribution is 2.14. The molecule has 0 saturated heterocycles. The van der Waals surface area contributed by atoms with Crippen LogP contribution in [0.4, 0.5) is 0 Å². The molecule has 20 heavy (non-hydrogen) atoms. The Kier molecular flexibility index (Phi) is 8.31. The van der Waals surface area contributed by atoms with Crippen LogP contribution in [0.2, 0.25) is 0 Å². The highest BCUT2D eigenvalue weighted by Gasteiger charge is 2.03. The Morgan fingerprint density at radius 2 is 2.10 bits per heavy atom. The highest BCUT2D eigenvalue weighted by atomic mass is 16.5. The van der Waals surface area contributed by atoms with Gasteiger partial charge >= 0.3 is 0 Å². The minimum absolute atomic E-state index is 0.642. The fourth-order valence-electron chi connectivity index (χ4n) is 2.44. The highest BCUT2D eigenvalue weighted by molar-refractivity contribution is 5.28. The first-order chi connectivity index (χ1) is 9.65. The Bertz CT molecular complexity index is 368. The van der Waals surface area contributed by atoms with E-state index in [9.17, 15) is 0 Å². The first-order valence-corrected chi connectivity index (χ1v) is 7.70. The van der Waals surface area contributed by atoms with Crippen molar-refractivity contribution in [3.05, 3.63) is 29.8 Å². The van der Waals surface area contributed by atoms with E-state index in [4.69, 9.17) is 4.74 Å². The van der Waals surface area contributed by atoms with Crippen molar-refractivity contribution in [3.63, 3.8) is 0 Å².